The van der Waals surface area contributed by atoms with Gasteiger partial charge in [0.05, 0.1) is 11.5 Å². The van der Waals surface area contributed by atoms with Gasteiger partial charge < -0.3 is 16.0 Å². The first-order chi connectivity index (χ1) is 7.80. The molecule has 2 amide bonds. The van der Waals surface area contributed by atoms with E-state index in [1.54, 1.807) is 11.9 Å². The van der Waals surface area contributed by atoms with Gasteiger partial charge in [-0.05, 0) is 12.8 Å². The van der Waals surface area contributed by atoms with Crippen molar-refractivity contribution in [1.82, 2.24) is 10.2 Å². The molecule has 0 saturated carbocycles. The molecule has 17 heavy (non-hydrogen) atoms. The Hall–Kier alpha value is -1.10. The summed E-state index contributed by atoms with van der Waals surface area (Å²) in [7, 11) is 1.72. The molecule has 0 aliphatic carbocycles. The second-order valence-electron chi connectivity index (χ2n) is 5.44. The van der Waals surface area contributed by atoms with Gasteiger partial charge in [-0.15, -0.1) is 0 Å². The molecule has 1 fully saturated rings. The highest BCUT2D eigenvalue weighted by Gasteiger charge is 2.36. The normalized spacial score (nSPS) is 24.0. The van der Waals surface area contributed by atoms with E-state index in [2.05, 4.69) is 5.32 Å². The van der Waals surface area contributed by atoms with Crippen LogP contribution in [0.2, 0.25) is 0 Å². The first kappa shape index (κ1) is 14.0. The molecule has 0 aromatic carbocycles. The van der Waals surface area contributed by atoms with Crippen LogP contribution in [0.4, 0.5) is 0 Å². The van der Waals surface area contributed by atoms with Crippen molar-refractivity contribution in [1.29, 1.82) is 0 Å². The molecular weight excluding hydrogens is 218 g/mol. The maximum atomic E-state index is 12.1. The summed E-state index contributed by atoms with van der Waals surface area (Å²) in [6.45, 7) is 6.89. The van der Waals surface area contributed by atoms with Gasteiger partial charge in [-0.1, -0.05) is 13.8 Å². The second-order valence-corrected chi connectivity index (χ2v) is 5.44. The fraction of sp³-hybridized carbons (Fsp3) is 0.833. The zero-order chi connectivity index (χ0) is 13.2. The highest BCUT2D eigenvalue weighted by Crippen LogP contribution is 2.20. The predicted molar refractivity (Wildman–Crippen MR) is 66.2 cm³/mol. The van der Waals surface area contributed by atoms with Crippen molar-refractivity contribution >= 4 is 11.8 Å². The summed E-state index contributed by atoms with van der Waals surface area (Å²) in [5.74, 6) is -0.0168. The molecular formula is C12H23N3O2. The molecule has 1 saturated heterocycles. The topological polar surface area (TPSA) is 75.4 Å². The van der Waals surface area contributed by atoms with E-state index < -0.39 is 5.54 Å². The van der Waals surface area contributed by atoms with Gasteiger partial charge in [-0.3, -0.25) is 9.59 Å². The third-order valence-electron chi connectivity index (χ3n) is 3.82. The average molecular weight is 241 g/mol. The zero-order valence-electron chi connectivity index (χ0n) is 11.1. The van der Waals surface area contributed by atoms with E-state index in [-0.39, 0.29) is 23.7 Å². The summed E-state index contributed by atoms with van der Waals surface area (Å²) in [5, 5.41) is 2.98. The van der Waals surface area contributed by atoms with Gasteiger partial charge in [-0.2, -0.15) is 0 Å². The highest BCUT2D eigenvalue weighted by molar-refractivity contribution is 5.89. The quantitative estimate of drug-likeness (QED) is 0.725. The van der Waals surface area contributed by atoms with Crippen LogP contribution in [0.1, 0.15) is 27.2 Å². The molecule has 5 heteroatoms. The largest absolute Gasteiger partial charge is 0.349 e. The summed E-state index contributed by atoms with van der Waals surface area (Å²) in [6, 6.07) is 0. The second kappa shape index (κ2) is 5.04. The monoisotopic (exact) mass is 241 g/mol. The molecule has 0 radical (unpaired) electrons. The summed E-state index contributed by atoms with van der Waals surface area (Å²) in [6.07, 6.45) is 0.307. The Morgan fingerprint density at radius 2 is 2.24 bits per heavy atom. The van der Waals surface area contributed by atoms with E-state index in [0.29, 0.717) is 19.5 Å². The summed E-state index contributed by atoms with van der Waals surface area (Å²) >= 11 is 0. The molecule has 0 aromatic heterocycles. The van der Waals surface area contributed by atoms with E-state index in [1.165, 1.54) is 0 Å². The molecule has 0 aromatic rings. The number of likely N-dealkylation sites (tertiary alicyclic amines) is 1. The van der Waals surface area contributed by atoms with Crippen molar-refractivity contribution < 1.29 is 9.59 Å². The number of rotatable bonds is 4. The van der Waals surface area contributed by atoms with Gasteiger partial charge in [-0.25, -0.2) is 0 Å². The van der Waals surface area contributed by atoms with Crippen LogP contribution in [0.15, 0.2) is 0 Å². The first-order valence-electron chi connectivity index (χ1n) is 6.06. The third kappa shape index (κ3) is 2.97. The lowest BCUT2D eigenvalue weighted by molar-refractivity contribution is -0.129. The number of nitrogens with one attached hydrogen (secondary N) is 1. The highest BCUT2D eigenvalue weighted by atomic mass is 16.2. The van der Waals surface area contributed by atoms with Crippen molar-refractivity contribution in [3.8, 4) is 0 Å². The number of carbonyl (C=O) groups is 2. The lowest BCUT2D eigenvalue weighted by Crippen LogP contribution is -2.56. The van der Waals surface area contributed by atoms with Gasteiger partial charge in [0, 0.05) is 26.6 Å². The summed E-state index contributed by atoms with van der Waals surface area (Å²) < 4.78 is 0. The minimum atomic E-state index is -0.401. The molecule has 0 spiro atoms. The van der Waals surface area contributed by atoms with Crippen LogP contribution < -0.4 is 11.1 Å². The van der Waals surface area contributed by atoms with Crippen molar-refractivity contribution in [3.63, 3.8) is 0 Å². The maximum Gasteiger partial charge on any atom is 0.225 e. The van der Waals surface area contributed by atoms with Crippen molar-refractivity contribution in [2.75, 3.05) is 20.1 Å². The zero-order valence-corrected chi connectivity index (χ0v) is 11.1. The van der Waals surface area contributed by atoms with Gasteiger partial charge in [0.15, 0.2) is 0 Å². The summed E-state index contributed by atoms with van der Waals surface area (Å²) in [4.78, 5) is 25.0. The Morgan fingerprint density at radius 3 is 2.59 bits per heavy atom. The van der Waals surface area contributed by atoms with Crippen LogP contribution in [-0.4, -0.2) is 42.4 Å². The lowest BCUT2D eigenvalue weighted by atomic mass is 9.87. The number of hydrogen-bond acceptors (Lipinski definition) is 3. The Labute approximate surface area is 103 Å². The van der Waals surface area contributed by atoms with Crippen molar-refractivity contribution in [2.24, 2.45) is 17.6 Å². The average Bonchev–Trinajstić information content (AvgIpc) is 2.59. The van der Waals surface area contributed by atoms with E-state index in [1.807, 2.05) is 20.8 Å². The fourth-order valence-corrected chi connectivity index (χ4v) is 1.85. The lowest BCUT2D eigenvalue weighted by Gasteiger charge is -2.34. The number of nitrogens with zero attached hydrogens (tertiary/aromatic N) is 1. The molecule has 98 valence electrons. The third-order valence-corrected chi connectivity index (χ3v) is 3.82. The van der Waals surface area contributed by atoms with Gasteiger partial charge in [0.1, 0.15) is 0 Å². The van der Waals surface area contributed by atoms with E-state index >= 15 is 0 Å². The molecule has 1 rings (SSSR count). The minimum absolute atomic E-state index is 0.0316. The number of nitrogens with two attached hydrogens (primary N) is 1. The van der Waals surface area contributed by atoms with Crippen LogP contribution in [0.3, 0.4) is 0 Å². The van der Waals surface area contributed by atoms with Crippen molar-refractivity contribution in [2.45, 2.75) is 32.7 Å². The Bertz CT molecular complexity index is 317. The van der Waals surface area contributed by atoms with Crippen LogP contribution >= 0.6 is 0 Å². The molecule has 1 aliphatic heterocycles. The fourth-order valence-electron chi connectivity index (χ4n) is 1.85. The number of hydrogen-bond donors (Lipinski definition) is 2. The van der Waals surface area contributed by atoms with Crippen LogP contribution in [0.5, 0.6) is 0 Å². The smallest absolute Gasteiger partial charge is 0.225 e. The number of amides is 2. The standard InChI is InChI=1S/C12H23N3O2/c1-8(2)12(3,7-13)14-11(17)9-5-10(16)15(4)6-9/h8-9H,5-7,13H2,1-4H3,(H,14,17). The van der Waals surface area contributed by atoms with Crippen molar-refractivity contribution in [3.05, 3.63) is 0 Å². The van der Waals surface area contributed by atoms with Gasteiger partial charge in [0.25, 0.3) is 0 Å². The molecule has 5 nitrogen and oxygen atoms in total. The summed E-state index contributed by atoms with van der Waals surface area (Å²) in [5.41, 5.74) is 5.32. The van der Waals surface area contributed by atoms with Crippen LogP contribution in [0, 0.1) is 11.8 Å². The Balaban J connectivity index is 2.63. The molecule has 2 atom stereocenters. The molecule has 1 aliphatic rings. The molecule has 3 N–H and O–H groups in total. The predicted octanol–water partition coefficient (Wildman–Crippen LogP) is -0.0457. The molecule has 2 unspecified atom stereocenters. The SMILES string of the molecule is CC(C)C(C)(CN)NC(=O)C1CC(=O)N(C)C1. The van der Waals surface area contributed by atoms with E-state index in [0.717, 1.165) is 0 Å². The molecule has 0 bridgehead atoms. The molecule has 1 heterocycles. The van der Waals surface area contributed by atoms with Gasteiger partial charge in [0.2, 0.25) is 11.8 Å². The first-order valence-corrected chi connectivity index (χ1v) is 6.06. The van der Waals surface area contributed by atoms with Crippen LogP contribution in [-0.2, 0) is 9.59 Å². The van der Waals surface area contributed by atoms with E-state index in [9.17, 15) is 9.59 Å². The minimum Gasteiger partial charge on any atom is -0.349 e. The Morgan fingerprint density at radius 1 is 1.65 bits per heavy atom. The van der Waals surface area contributed by atoms with Gasteiger partial charge >= 0.3 is 0 Å². The maximum absolute atomic E-state index is 12.1. The Kier molecular flexibility index (Phi) is 4.14. The van der Waals surface area contributed by atoms with Crippen LogP contribution in [0.25, 0.3) is 0 Å². The van der Waals surface area contributed by atoms with E-state index in [4.69, 9.17) is 5.73 Å². The number of carbonyl (C=O) groups excluding carboxylic acids is 2.